The number of hydrogen-bond acceptors (Lipinski definition) is 2. The van der Waals surface area contributed by atoms with Crippen LogP contribution in [-0.2, 0) is 0 Å². The summed E-state index contributed by atoms with van der Waals surface area (Å²) in [4.78, 5) is 0. The van der Waals surface area contributed by atoms with Gasteiger partial charge in [-0.1, -0.05) is 36.4 Å². The van der Waals surface area contributed by atoms with Crippen molar-refractivity contribution >= 4 is 0 Å². The standard InChI is InChI=1S/C17H20O2/c1-14-8-6-9-15(2)17(14)19-13-7-12-18-16-10-4-3-5-11-16/h3-6,8-11H,7,12-13H2,1-2H3. The van der Waals surface area contributed by atoms with Gasteiger partial charge in [0.25, 0.3) is 0 Å². The van der Waals surface area contributed by atoms with Gasteiger partial charge in [0, 0.05) is 6.42 Å². The smallest absolute Gasteiger partial charge is 0.125 e. The predicted octanol–water partition coefficient (Wildman–Crippen LogP) is 4.15. The molecule has 0 aliphatic rings. The van der Waals surface area contributed by atoms with E-state index in [1.807, 2.05) is 30.3 Å². The second kappa shape index (κ2) is 6.83. The molecule has 0 bridgehead atoms. The molecule has 19 heavy (non-hydrogen) atoms. The van der Waals surface area contributed by atoms with Crippen LogP contribution in [-0.4, -0.2) is 13.2 Å². The Kier molecular flexibility index (Phi) is 4.85. The molecular formula is C17H20O2. The van der Waals surface area contributed by atoms with Gasteiger partial charge in [-0.05, 0) is 37.1 Å². The van der Waals surface area contributed by atoms with E-state index in [9.17, 15) is 0 Å². The molecule has 0 fully saturated rings. The molecule has 0 saturated carbocycles. The highest BCUT2D eigenvalue weighted by Crippen LogP contribution is 2.22. The van der Waals surface area contributed by atoms with Gasteiger partial charge in [-0.25, -0.2) is 0 Å². The summed E-state index contributed by atoms with van der Waals surface area (Å²) in [6, 6.07) is 16.1. The minimum absolute atomic E-state index is 0.676. The molecule has 0 heterocycles. The Hall–Kier alpha value is -1.96. The van der Waals surface area contributed by atoms with E-state index in [0.29, 0.717) is 13.2 Å². The van der Waals surface area contributed by atoms with E-state index in [2.05, 4.69) is 32.0 Å². The van der Waals surface area contributed by atoms with E-state index < -0.39 is 0 Å². The van der Waals surface area contributed by atoms with Crippen LogP contribution in [0.3, 0.4) is 0 Å². The van der Waals surface area contributed by atoms with Crippen molar-refractivity contribution in [3.8, 4) is 11.5 Å². The Morgan fingerprint density at radius 3 is 2.05 bits per heavy atom. The molecule has 0 aliphatic carbocycles. The van der Waals surface area contributed by atoms with E-state index in [4.69, 9.17) is 9.47 Å². The first-order chi connectivity index (χ1) is 9.27. The number of para-hydroxylation sites is 2. The fourth-order valence-electron chi connectivity index (χ4n) is 1.97. The van der Waals surface area contributed by atoms with Crippen LogP contribution in [0.5, 0.6) is 11.5 Å². The van der Waals surface area contributed by atoms with Gasteiger partial charge in [-0.2, -0.15) is 0 Å². The summed E-state index contributed by atoms with van der Waals surface area (Å²) in [5.74, 6) is 1.91. The molecule has 0 amide bonds. The fourth-order valence-corrected chi connectivity index (χ4v) is 1.97. The van der Waals surface area contributed by atoms with Crippen molar-refractivity contribution in [1.82, 2.24) is 0 Å². The zero-order valence-corrected chi connectivity index (χ0v) is 11.6. The summed E-state index contributed by atoms with van der Waals surface area (Å²) >= 11 is 0. The van der Waals surface area contributed by atoms with Gasteiger partial charge in [0.2, 0.25) is 0 Å². The first-order valence-corrected chi connectivity index (χ1v) is 6.64. The normalized spacial score (nSPS) is 10.2. The van der Waals surface area contributed by atoms with Gasteiger partial charge >= 0.3 is 0 Å². The van der Waals surface area contributed by atoms with Crippen molar-refractivity contribution in [3.63, 3.8) is 0 Å². The summed E-state index contributed by atoms with van der Waals surface area (Å²) in [5.41, 5.74) is 2.37. The third-order valence-corrected chi connectivity index (χ3v) is 2.96. The molecule has 0 N–H and O–H groups in total. The molecular weight excluding hydrogens is 236 g/mol. The van der Waals surface area contributed by atoms with Gasteiger partial charge in [0.05, 0.1) is 13.2 Å². The van der Waals surface area contributed by atoms with Gasteiger partial charge in [-0.3, -0.25) is 0 Å². The molecule has 0 saturated heterocycles. The Morgan fingerprint density at radius 1 is 0.737 bits per heavy atom. The van der Waals surface area contributed by atoms with E-state index >= 15 is 0 Å². The van der Waals surface area contributed by atoms with Crippen LogP contribution in [0.2, 0.25) is 0 Å². The maximum absolute atomic E-state index is 5.83. The first kappa shape index (κ1) is 13.5. The van der Waals surface area contributed by atoms with Gasteiger partial charge in [-0.15, -0.1) is 0 Å². The van der Waals surface area contributed by atoms with Crippen LogP contribution in [0.4, 0.5) is 0 Å². The average Bonchev–Trinajstić information content (AvgIpc) is 2.42. The van der Waals surface area contributed by atoms with Gasteiger partial charge in [0.1, 0.15) is 11.5 Å². The monoisotopic (exact) mass is 256 g/mol. The zero-order valence-electron chi connectivity index (χ0n) is 11.6. The van der Waals surface area contributed by atoms with Gasteiger partial charge < -0.3 is 9.47 Å². The van der Waals surface area contributed by atoms with E-state index in [1.54, 1.807) is 0 Å². The Balaban J connectivity index is 1.73. The molecule has 0 radical (unpaired) electrons. The van der Waals surface area contributed by atoms with Crippen LogP contribution in [0.1, 0.15) is 17.5 Å². The summed E-state index contributed by atoms with van der Waals surface area (Å²) < 4.78 is 11.4. The second-order valence-electron chi connectivity index (χ2n) is 4.58. The maximum Gasteiger partial charge on any atom is 0.125 e. The first-order valence-electron chi connectivity index (χ1n) is 6.64. The second-order valence-corrected chi connectivity index (χ2v) is 4.58. The van der Waals surface area contributed by atoms with Crippen molar-refractivity contribution in [1.29, 1.82) is 0 Å². The Labute approximate surface area is 115 Å². The SMILES string of the molecule is Cc1cccc(C)c1OCCCOc1ccccc1. The summed E-state index contributed by atoms with van der Waals surface area (Å²) in [6.07, 6.45) is 0.878. The molecule has 2 heteroatoms. The van der Waals surface area contributed by atoms with Crippen molar-refractivity contribution < 1.29 is 9.47 Å². The lowest BCUT2D eigenvalue weighted by atomic mass is 10.1. The fraction of sp³-hybridized carbons (Fsp3) is 0.294. The number of benzene rings is 2. The Bertz CT molecular complexity index is 486. The molecule has 0 aromatic heterocycles. The molecule has 2 rings (SSSR count). The highest BCUT2D eigenvalue weighted by molar-refractivity contribution is 5.39. The molecule has 2 aromatic rings. The van der Waals surface area contributed by atoms with Crippen molar-refractivity contribution in [2.45, 2.75) is 20.3 Å². The van der Waals surface area contributed by atoms with Crippen LogP contribution in [0.15, 0.2) is 48.5 Å². The van der Waals surface area contributed by atoms with E-state index in [-0.39, 0.29) is 0 Å². The summed E-state index contributed by atoms with van der Waals surface area (Å²) in [7, 11) is 0. The lowest BCUT2D eigenvalue weighted by molar-refractivity contribution is 0.246. The van der Waals surface area contributed by atoms with Crippen molar-refractivity contribution in [2.24, 2.45) is 0 Å². The van der Waals surface area contributed by atoms with Crippen LogP contribution < -0.4 is 9.47 Å². The molecule has 0 unspecified atom stereocenters. The molecule has 0 aliphatic heterocycles. The lowest BCUT2D eigenvalue weighted by Crippen LogP contribution is -2.06. The van der Waals surface area contributed by atoms with Crippen molar-refractivity contribution in [3.05, 3.63) is 59.7 Å². The molecule has 0 atom stereocenters. The van der Waals surface area contributed by atoms with Crippen LogP contribution >= 0.6 is 0 Å². The highest BCUT2D eigenvalue weighted by atomic mass is 16.5. The number of aryl methyl sites for hydroxylation is 2. The largest absolute Gasteiger partial charge is 0.493 e. The zero-order chi connectivity index (χ0) is 13.5. The van der Waals surface area contributed by atoms with Gasteiger partial charge in [0.15, 0.2) is 0 Å². The number of hydrogen-bond donors (Lipinski definition) is 0. The summed E-state index contributed by atoms with van der Waals surface area (Å²) in [6.45, 7) is 5.50. The van der Waals surface area contributed by atoms with Crippen LogP contribution in [0, 0.1) is 13.8 Å². The van der Waals surface area contributed by atoms with E-state index in [1.165, 1.54) is 11.1 Å². The maximum atomic E-state index is 5.83. The highest BCUT2D eigenvalue weighted by Gasteiger charge is 2.02. The quantitative estimate of drug-likeness (QED) is 0.723. The number of ether oxygens (including phenoxy) is 2. The van der Waals surface area contributed by atoms with Crippen molar-refractivity contribution in [2.75, 3.05) is 13.2 Å². The lowest BCUT2D eigenvalue weighted by Gasteiger charge is -2.12. The summed E-state index contributed by atoms with van der Waals surface area (Å²) in [5, 5.41) is 0. The third kappa shape index (κ3) is 4.02. The molecule has 100 valence electrons. The Morgan fingerprint density at radius 2 is 1.37 bits per heavy atom. The molecule has 0 spiro atoms. The predicted molar refractivity (Wildman–Crippen MR) is 78.0 cm³/mol. The number of rotatable bonds is 6. The van der Waals surface area contributed by atoms with E-state index in [0.717, 1.165) is 17.9 Å². The topological polar surface area (TPSA) is 18.5 Å². The minimum Gasteiger partial charge on any atom is -0.493 e. The molecule has 2 nitrogen and oxygen atoms in total. The third-order valence-electron chi connectivity index (χ3n) is 2.96. The minimum atomic E-state index is 0.676. The average molecular weight is 256 g/mol. The molecule has 2 aromatic carbocycles. The van der Waals surface area contributed by atoms with Crippen LogP contribution in [0.25, 0.3) is 0 Å².